The first-order chi connectivity index (χ1) is 12.6. The Morgan fingerprint density at radius 1 is 1.19 bits per heavy atom. The van der Waals surface area contributed by atoms with E-state index in [-0.39, 0.29) is 17.5 Å². The zero-order chi connectivity index (χ0) is 18.4. The molecule has 2 aromatic carbocycles. The molecule has 0 unspecified atom stereocenters. The van der Waals surface area contributed by atoms with Crippen LogP contribution in [0.15, 0.2) is 52.9 Å². The van der Waals surface area contributed by atoms with Gasteiger partial charge in [0.1, 0.15) is 5.82 Å². The van der Waals surface area contributed by atoms with Crippen LogP contribution in [0.3, 0.4) is 0 Å². The summed E-state index contributed by atoms with van der Waals surface area (Å²) in [5, 5.41) is 15.3. The predicted molar refractivity (Wildman–Crippen MR) is 104 cm³/mol. The molecule has 0 aliphatic carbocycles. The fourth-order valence-corrected chi connectivity index (χ4v) is 3.78. The van der Waals surface area contributed by atoms with Crippen LogP contribution in [0.1, 0.15) is 5.56 Å². The fraction of sp³-hybridized carbons (Fsp3) is 0.118. The number of hydrogen-bond acceptors (Lipinski definition) is 6. The number of thioether (sulfide) groups is 1. The first-order valence-electron chi connectivity index (χ1n) is 7.58. The topological polar surface area (TPSA) is 66.9 Å². The summed E-state index contributed by atoms with van der Waals surface area (Å²) >= 11 is 8.61. The summed E-state index contributed by atoms with van der Waals surface area (Å²) in [6.45, 7) is 0.358. The minimum Gasteiger partial charge on any atom is -0.351 e. The Balaban J connectivity index is 1.45. The molecule has 3 aromatic rings. The number of halogens is 2. The molecule has 3 rings (SSSR count). The third-order valence-corrected chi connectivity index (χ3v) is 5.42. The third-order valence-electron chi connectivity index (χ3n) is 3.21. The molecule has 2 N–H and O–H groups in total. The molecule has 9 heteroatoms. The predicted octanol–water partition coefficient (Wildman–Crippen LogP) is 4.48. The lowest BCUT2D eigenvalue weighted by molar-refractivity contribution is -0.118. The molecule has 26 heavy (non-hydrogen) atoms. The van der Waals surface area contributed by atoms with E-state index in [1.165, 1.54) is 35.2 Å². The maximum Gasteiger partial charge on any atom is 0.230 e. The molecule has 1 aromatic heterocycles. The van der Waals surface area contributed by atoms with E-state index < -0.39 is 0 Å². The van der Waals surface area contributed by atoms with Gasteiger partial charge in [-0.05, 0) is 35.9 Å². The lowest BCUT2D eigenvalue weighted by Gasteiger charge is -2.04. The first-order valence-corrected chi connectivity index (χ1v) is 9.76. The summed E-state index contributed by atoms with van der Waals surface area (Å²) in [7, 11) is 0. The maximum absolute atomic E-state index is 12.8. The first kappa shape index (κ1) is 18.6. The summed E-state index contributed by atoms with van der Waals surface area (Å²) in [5.41, 5.74) is 1.66. The van der Waals surface area contributed by atoms with E-state index in [0.717, 1.165) is 11.3 Å². The number of nitrogens with one attached hydrogen (secondary N) is 2. The van der Waals surface area contributed by atoms with Gasteiger partial charge in [-0.15, -0.1) is 10.2 Å². The SMILES string of the molecule is O=C(CSc1nnc(Nc2cccc(Cl)c2)s1)NCc1ccc(F)cc1. The third kappa shape index (κ3) is 5.69. The normalized spacial score (nSPS) is 10.5. The van der Waals surface area contributed by atoms with Gasteiger partial charge in [-0.2, -0.15) is 0 Å². The van der Waals surface area contributed by atoms with Crippen LogP contribution in [-0.4, -0.2) is 21.9 Å². The number of rotatable bonds is 7. The minimum atomic E-state index is -0.297. The standard InChI is InChI=1S/C17H14ClFN4OS2/c18-12-2-1-3-14(8-12)21-16-22-23-17(26-16)25-10-15(24)20-9-11-4-6-13(19)7-5-11/h1-8H,9-10H2,(H,20,24)(H,21,22). The molecule has 1 amide bonds. The van der Waals surface area contributed by atoms with Crippen LogP contribution >= 0.6 is 34.7 Å². The van der Waals surface area contributed by atoms with Crippen molar-refractivity contribution in [2.75, 3.05) is 11.1 Å². The van der Waals surface area contributed by atoms with E-state index in [1.54, 1.807) is 24.3 Å². The van der Waals surface area contributed by atoms with Crippen molar-refractivity contribution in [3.8, 4) is 0 Å². The number of carbonyl (C=O) groups is 1. The number of amides is 1. The lowest BCUT2D eigenvalue weighted by atomic mass is 10.2. The van der Waals surface area contributed by atoms with Crippen LogP contribution in [0.2, 0.25) is 5.02 Å². The summed E-state index contributed by atoms with van der Waals surface area (Å²) in [6, 6.07) is 13.3. The highest BCUT2D eigenvalue weighted by Gasteiger charge is 2.09. The molecule has 0 saturated heterocycles. The fourth-order valence-electron chi connectivity index (χ4n) is 1.99. The van der Waals surface area contributed by atoms with Crippen LogP contribution < -0.4 is 10.6 Å². The second-order valence-electron chi connectivity index (χ2n) is 5.20. The van der Waals surface area contributed by atoms with Crippen molar-refractivity contribution in [2.24, 2.45) is 0 Å². The number of anilines is 2. The molecule has 1 heterocycles. The van der Waals surface area contributed by atoms with Gasteiger partial charge >= 0.3 is 0 Å². The Labute approximate surface area is 163 Å². The highest BCUT2D eigenvalue weighted by Crippen LogP contribution is 2.28. The van der Waals surface area contributed by atoms with Gasteiger partial charge in [-0.3, -0.25) is 4.79 Å². The Morgan fingerprint density at radius 3 is 2.77 bits per heavy atom. The number of nitrogens with zero attached hydrogens (tertiary/aromatic N) is 2. The van der Waals surface area contributed by atoms with Crippen LogP contribution in [0, 0.1) is 5.82 Å². The van der Waals surface area contributed by atoms with Gasteiger partial charge in [-0.1, -0.05) is 52.9 Å². The smallest absolute Gasteiger partial charge is 0.230 e. The zero-order valence-electron chi connectivity index (χ0n) is 13.4. The van der Waals surface area contributed by atoms with E-state index >= 15 is 0 Å². The Bertz CT molecular complexity index is 888. The largest absolute Gasteiger partial charge is 0.351 e. The van der Waals surface area contributed by atoms with Gasteiger partial charge in [0.2, 0.25) is 11.0 Å². The molecule has 0 aliphatic heterocycles. The summed E-state index contributed by atoms with van der Waals surface area (Å²) < 4.78 is 13.5. The Morgan fingerprint density at radius 2 is 2.00 bits per heavy atom. The maximum atomic E-state index is 12.8. The molecular formula is C17H14ClFN4OS2. The second-order valence-corrected chi connectivity index (χ2v) is 7.84. The molecule has 0 saturated carbocycles. The quantitative estimate of drug-likeness (QED) is 0.564. The average molecular weight is 409 g/mol. The zero-order valence-corrected chi connectivity index (χ0v) is 15.8. The van der Waals surface area contributed by atoms with Crippen molar-refractivity contribution in [1.29, 1.82) is 0 Å². The van der Waals surface area contributed by atoms with E-state index in [4.69, 9.17) is 11.6 Å². The molecule has 5 nitrogen and oxygen atoms in total. The van der Waals surface area contributed by atoms with Gasteiger partial charge in [0.15, 0.2) is 4.34 Å². The summed E-state index contributed by atoms with van der Waals surface area (Å²) in [6.07, 6.45) is 0. The highest BCUT2D eigenvalue weighted by molar-refractivity contribution is 8.01. The van der Waals surface area contributed by atoms with Crippen molar-refractivity contribution < 1.29 is 9.18 Å². The monoisotopic (exact) mass is 408 g/mol. The van der Waals surface area contributed by atoms with E-state index in [2.05, 4.69) is 20.8 Å². The van der Waals surface area contributed by atoms with Gasteiger partial charge in [0.25, 0.3) is 0 Å². The van der Waals surface area contributed by atoms with Gasteiger partial charge in [0, 0.05) is 17.3 Å². The van der Waals surface area contributed by atoms with E-state index in [1.807, 2.05) is 12.1 Å². The van der Waals surface area contributed by atoms with Crippen molar-refractivity contribution in [1.82, 2.24) is 15.5 Å². The highest BCUT2D eigenvalue weighted by atomic mass is 35.5. The number of hydrogen-bond donors (Lipinski definition) is 2. The molecule has 0 spiro atoms. The molecular weight excluding hydrogens is 395 g/mol. The van der Waals surface area contributed by atoms with Crippen molar-refractivity contribution in [2.45, 2.75) is 10.9 Å². The van der Waals surface area contributed by atoms with Crippen molar-refractivity contribution in [3.05, 3.63) is 64.9 Å². The Kier molecular flexibility index (Phi) is 6.43. The molecule has 0 bridgehead atoms. The molecule has 0 radical (unpaired) electrons. The average Bonchev–Trinajstić information content (AvgIpc) is 3.07. The molecule has 0 fully saturated rings. The van der Waals surface area contributed by atoms with Crippen LogP contribution in [-0.2, 0) is 11.3 Å². The number of carbonyl (C=O) groups excluding carboxylic acids is 1. The van der Waals surface area contributed by atoms with Gasteiger partial charge in [0.05, 0.1) is 5.75 Å². The number of benzene rings is 2. The minimum absolute atomic E-state index is 0.126. The summed E-state index contributed by atoms with van der Waals surface area (Å²) in [5.74, 6) is -0.194. The van der Waals surface area contributed by atoms with Crippen molar-refractivity contribution >= 4 is 51.4 Å². The molecule has 0 atom stereocenters. The van der Waals surface area contributed by atoms with E-state index in [0.29, 0.717) is 21.0 Å². The van der Waals surface area contributed by atoms with Crippen LogP contribution in [0.25, 0.3) is 0 Å². The van der Waals surface area contributed by atoms with E-state index in [9.17, 15) is 9.18 Å². The molecule has 0 aliphatic rings. The molecule has 134 valence electrons. The Hall–Kier alpha value is -2.16. The van der Waals surface area contributed by atoms with Crippen LogP contribution in [0.4, 0.5) is 15.2 Å². The van der Waals surface area contributed by atoms with Crippen molar-refractivity contribution in [3.63, 3.8) is 0 Å². The van der Waals surface area contributed by atoms with Gasteiger partial charge in [-0.25, -0.2) is 4.39 Å². The number of aromatic nitrogens is 2. The second kappa shape index (κ2) is 8.98. The van der Waals surface area contributed by atoms with Crippen LogP contribution in [0.5, 0.6) is 0 Å². The summed E-state index contributed by atoms with van der Waals surface area (Å²) in [4.78, 5) is 11.9. The van der Waals surface area contributed by atoms with Gasteiger partial charge < -0.3 is 10.6 Å². The lowest BCUT2D eigenvalue weighted by Crippen LogP contribution is -2.24.